The van der Waals surface area contributed by atoms with Crippen LogP contribution in [0.4, 0.5) is 0 Å². The van der Waals surface area contributed by atoms with E-state index in [4.69, 9.17) is 4.74 Å². The molecule has 17 heavy (non-hydrogen) atoms. The maximum atomic E-state index is 5.72. The first kappa shape index (κ1) is 15.0. The molecule has 0 saturated carbocycles. The van der Waals surface area contributed by atoms with Crippen molar-refractivity contribution in [3.8, 4) is 0 Å². The van der Waals surface area contributed by atoms with Gasteiger partial charge in [-0.15, -0.1) is 0 Å². The third kappa shape index (κ3) is 5.87. The first-order valence-corrected chi connectivity index (χ1v) is 7.38. The van der Waals surface area contributed by atoms with Crippen LogP contribution in [0.3, 0.4) is 0 Å². The Labute approximate surface area is 108 Å². The maximum Gasteiger partial charge on any atom is 0.0576 e. The first-order chi connectivity index (χ1) is 8.06. The molecule has 102 valence electrons. The lowest BCUT2D eigenvalue weighted by Gasteiger charge is -2.30. The molecule has 1 aliphatic heterocycles. The minimum absolute atomic E-state index is 0.445. The van der Waals surface area contributed by atoms with Crippen LogP contribution in [0.1, 0.15) is 59.8 Å². The summed E-state index contributed by atoms with van der Waals surface area (Å²) in [5, 5.41) is 3.61. The molecule has 0 spiro atoms. The molecule has 1 fully saturated rings. The predicted octanol–water partition coefficient (Wildman–Crippen LogP) is 3.61. The van der Waals surface area contributed by atoms with Gasteiger partial charge in [0.05, 0.1) is 6.10 Å². The fraction of sp³-hybridized carbons (Fsp3) is 1.00. The van der Waals surface area contributed by atoms with E-state index in [2.05, 4.69) is 33.0 Å². The average Bonchev–Trinajstić information content (AvgIpc) is 2.79. The van der Waals surface area contributed by atoms with E-state index < -0.39 is 0 Å². The van der Waals surface area contributed by atoms with Gasteiger partial charge in [-0.1, -0.05) is 27.7 Å². The molecule has 1 saturated heterocycles. The molecule has 1 N–H and O–H groups in total. The van der Waals surface area contributed by atoms with E-state index in [0.717, 1.165) is 25.6 Å². The zero-order valence-corrected chi connectivity index (χ0v) is 12.2. The highest BCUT2D eigenvalue weighted by Crippen LogP contribution is 2.29. The zero-order valence-electron chi connectivity index (χ0n) is 12.2. The van der Waals surface area contributed by atoms with Gasteiger partial charge in [0.25, 0.3) is 0 Å². The molecule has 1 aliphatic rings. The van der Waals surface area contributed by atoms with Crippen LogP contribution in [0.2, 0.25) is 0 Å². The van der Waals surface area contributed by atoms with Gasteiger partial charge in [0.15, 0.2) is 0 Å². The number of rotatable bonds is 8. The lowest BCUT2D eigenvalue weighted by atomic mass is 9.81. The number of nitrogens with one attached hydrogen (secondary N) is 1. The Hall–Kier alpha value is -0.0800. The lowest BCUT2D eigenvalue weighted by molar-refractivity contribution is 0.0884. The number of hydrogen-bond donors (Lipinski definition) is 1. The highest BCUT2D eigenvalue weighted by Gasteiger charge is 2.25. The fourth-order valence-electron chi connectivity index (χ4n) is 2.43. The molecule has 0 amide bonds. The topological polar surface area (TPSA) is 21.3 Å². The van der Waals surface area contributed by atoms with Gasteiger partial charge in [0.2, 0.25) is 0 Å². The molecule has 0 aliphatic carbocycles. The van der Waals surface area contributed by atoms with Crippen molar-refractivity contribution in [3.63, 3.8) is 0 Å². The lowest BCUT2D eigenvalue weighted by Crippen LogP contribution is -2.34. The molecule has 0 radical (unpaired) electrons. The smallest absolute Gasteiger partial charge is 0.0576 e. The second kappa shape index (κ2) is 7.38. The molecule has 2 unspecified atom stereocenters. The highest BCUT2D eigenvalue weighted by molar-refractivity contribution is 4.78. The second-order valence-electron chi connectivity index (χ2n) is 6.36. The molecule has 0 aromatic carbocycles. The summed E-state index contributed by atoms with van der Waals surface area (Å²) in [7, 11) is 0. The Balaban J connectivity index is 2.23. The van der Waals surface area contributed by atoms with Crippen LogP contribution in [0, 0.1) is 11.3 Å². The summed E-state index contributed by atoms with van der Waals surface area (Å²) in [5.74, 6) is 0.745. The number of ether oxygens (including phenoxy) is 1. The molecule has 0 bridgehead atoms. The van der Waals surface area contributed by atoms with E-state index in [1.807, 2.05) is 0 Å². The summed E-state index contributed by atoms with van der Waals surface area (Å²) < 4.78 is 5.72. The van der Waals surface area contributed by atoms with Gasteiger partial charge in [0.1, 0.15) is 0 Å². The summed E-state index contributed by atoms with van der Waals surface area (Å²) in [5.41, 5.74) is 0.445. The summed E-state index contributed by atoms with van der Waals surface area (Å²) in [6, 6.07) is 0. The Morgan fingerprint density at radius 1 is 1.41 bits per heavy atom. The minimum Gasteiger partial charge on any atom is -0.378 e. The van der Waals surface area contributed by atoms with E-state index in [1.165, 1.54) is 32.1 Å². The van der Waals surface area contributed by atoms with Crippen molar-refractivity contribution < 1.29 is 4.74 Å². The Morgan fingerprint density at radius 3 is 2.71 bits per heavy atom. The van der Waals surface area contributed by atoms with Crippen molar-refractivity contribution >= 4 is 0 Å². The van der Waals surface area contributed by atoms with Crippen molar-refractivity contribution in [2.75, 3.05) is 19.7 Å². The van der Waals surface area contributed by atoms with Gasteiger partial charge in [-0.25, -0.2) is 0 Å². The molecule has 2 atom stereocenters. The highest BCUT2D eigenvalue weighted by atomic mass is 16.5. The van der Waals surface area contributed by atoms with E-state index in [0.29, 0.717) is 11.5 Å². The quantitative estimate of drug-likeness (QED) is 0.701. The molecular formula is C15H31NO. The Morgan fingerprint density at radius 2 is 2.18 bits per heavy atom. The standard InChI is InChI=1S/C15H31NO/c1-5-15(4,12-16-11-13(2)3)9-8-14-7-6-10-17-14/h13-14,16H,5-12H2,1-4H3. The van der Waals surface area contributed by atoms with Crippen LogP contribution in [0.15, 0.2) is 0 Å². The van der Waals surface area contributed by atoms with Crippen molar-refractivity contribution in [1.29, 1.82) is 0 Å². The summed E-state index contributed by atoms with van der Waals surface area (Å²) in [4.78, 5) is 0. The normalized spacial score (nSPS) is 24.2. The monoisotopic (exact) mass is 241 g/mol. The largest absolute Gasteiger partial charge is 0.378 e. The fourth-order valence-corrected chi connectivity index (χ4v) is 2.43. The molecule has 1 rings (SSSR count). The van der Waals surface area contributed by atoms with Crippen LogP contribution in [-0.2, 0) is 4.74 Å². The third-order valence-electron chi connectivity index (χ3n) is 4.05. The van der Waals surface area contributed by atoms with E-state index >= 15 is 0 Å². The molecule has 1 heterocycles. The van der Waals surface area contributed by atoms with Gasteiger partial charge in [-0.2, -0.15) is 0 Å². The third-order valence-corrected chi connectivity index (χ3v) is 4.05. The average molecular weight is 241 g/mol. The molecule has 0 aromatic heterocycles. The molecule has 2 nitrogen and oxygen atoms in total. The summed E-state index contributed by atoms with van der Waals surface area (Å²) in [6.07, 6.45) is 6.88. The molecule has 2 heteroatoms. The van der Waals surface area contributed by atoms with Crippen molar-refractivity contribution in [1.82, 2.24) is 5.32 Å². The van der Waals surface area contributed by atoms with Gasteiger partial charge in [0, 0.05) is 13.2 Å². The second-order valence-corrected chi connectivity index (χ2v) is 6.36. The van der Waals surface area contributed by atoms with E-state index in [1.54, 1.807) is 0 Å². The summed E-state index contributed by atoms with van der Waals surface area (Å²) in [6.45, 7) is 12.5. The van der Waals surface area contributed by atoms with Crippen LogP contribution in [0.25, 0.3) is 0 Å². The molecular weight excluding hydrogens is 210 g/mol. The summed E-state index contributed by atoms with van der Waals surface area (Å²) >= 11 is 0. The van der Waals surface area contributed by atoms with Crippen LogP contribution < -0.4 is 5.32 Å². The molecule has 0 aromatic rings. The van der Waals surface area contributed by atoms with E-state index in [-0.39, 0.29) is 0 Å². The van der Waals surface area contributed by atoms with Crippen LogP contribution in [-0.4, -0.2) is 25.8 Å². The Bertz CT molecular complexity index is 199. The predicted molar refractivity (Wildman–Crippen MR) is 74.3 cm³/mol. The van der Waals surface area contributed by atoms with Crippen molar-refractivity contribution in [2.45, 2.75) is 65.9 Å². The maximum absolute atomic E-state index is 5.72. The Kier molecular flexibility index (Phi) is 6.50. The number of hydrogen-bond acceptors (Lipinski definition) is 2. The van der Waals surface area contributed by atoms with Crippen LogP contribution >= 0.6 is 0 Å². The van der Waals surface area contributed by atoms with Gasteiger partial charge < -0.3 is 10.1 Å². The van der Waals surface area contributed by atoms with Crippen molar-refractivity contribution in [3.05, 3.63) is 0 Å². The van der Waals surface area contributed by atoms with Crippen LogP contribution in [0.5, 0.6) is 0 Å². The minimum atomic E-state index is 0.445. The van der Waals surface area contributed by atoms with Gasteiger partial charge >= 0.3 is 0 Å². The van der Waals surface area contributed by atoms with Gasteiger partial charge in [-0.05, 0) is 50.0 Å². The zero-order chi connectivity index (χ0) is 12.7. The first-order valence-electron chi connectivity index (χ1n) is 7.38. The van der Waals surface area contributed by atoms with E-state index in [9.17, 15) is 0 Å². The SMILES string of the molecule is CCC(C)(CCC1CCCO1)CNCC(C)C. The van der Waals surface area contributed by atoms with Crippen molar-refractivity contribution in [2.24, 2.45) is 11.3 Å². The van der Waals surface area contributed by atoms with Gasteiger partial charge in [-0.3, -0.25) is 0 Å².